The minimum absolute atomic E-state index is 0.0329. The van der Waals surface area contributed by atoms with Crippen molar-refractivity contribution in [3.63, 3.8) is 0 Å². The molecule has 1 fully saturated rings. The Morgan fingerprint density at radius 1 is 0.625 bits per heavy atom. The summed E-state index contributed by atoms with van der Waals surface area (Å²) < 4.78 is 16.1. The first kappa shape index (κ1) is 42.8. The second-order valence-electron chi connectivity index (χ2n) is 11.3. The van der Waals surface area contributed by atoms with E-state index in [2.05, 4.69) is 5.32 Å². The monoisotopic (exact) mass is 689 g/mol. The van der Waals surface area contributed by atoms with Crippen molar-refractivity contribution in [2.24, 2.45) is 0 Å². The van der Waals surface area contributed by atoms with Crippen molar-refractivity contribution in [3.05, 3.63) is 0 Å². The molecule has 1 unspecified atom stereocenters. The smallest absolute Gasteiger partial charge is 0.320 e. The highest BCUT2D eigenvalue weighted by molar-refractivity contribution is 6.72. The number of rotatable bonds is 24. The van der Waals surface area contributed by atoms with Crippen LogP contribution >= 0.6 is 0 Å². The number of carboxylic acids is 4. The molecule has 0 aromatic heterocycles. The molecular formula is C29H52BN5O13. The molecule has 1 amide bonds. The van der Waals surface area contributed by atoms with Crippen LogP contribution in [0.15, 0.2) is 0 Å². The summed E-state index contributed by atoms with van der Waals surface area (Å²) in [7, 11) is 0.492. The first-order valence-electron chi connectivity index (χ1n) is 16.2. The van der Waals surface area contributed by atoms with Crippen LogP contribution < -0.4 is 5.32 Å². The van der Waals surface area contributed by atoms with E-state index >= 15 is 0 Å². The lowest BCUT2D eigenvalue weighted by Gasteiger charge is -2.35. The van der Waals surface area contributed by atoms with E-state index in [1.165, 1.54) is 0 Å². The van der Waals surface area contributed by atoms with Gasteiger partial charge in [0.15, 0.2) is 0 Å². The van der Waals surface area contributed by atoms with Crippen molar-refractivity contribution in [1.82, 2.24) is 24.9 Å². The summed E-state index contributed by atoms with van der Waals surface area (Å²) in [6, 6.07) is -1.09. The van der Waals surface area contributed by atoms with Gasteiger partial charge in [-0.1, -0.05) is 6.82 Å². The van der Waals surface area contributed by atoms with Crippen molar-refractivity contribution in [2.75, 3.05) is 118 Å². The molecule has 0 aromatic carbocycles. The van der Waals surface area contributed by atoms with Gasteiger partial charge in [0.05, 0.1) is 65.0 Å². The molecule has 1 heterocycles. The summed E-state index contributed by atoms with van der Waals surface area (Å²) in [6.45, 7) is 4.46. The summed E-state index contributed by atoms with van der Waals surface area (Å²) in [5, 5.41) is 40.9. The van der Waals surface area contributed by atoms with Gasteiger partial charge in [0.25, 0.3) is 0 Å². The lowest BCUT2D eigenvalue weighted by Crippen LogP contribution is -2.52. The molecule has 274 valence electrons. The molecule has 18 nitrogen and oxygen atoms in total. The highest BCUT2D eigenvalue weighted by Gasteiger charge is 2.28. The zero-order valence-electron chi connectivity index (χ0n) is 27.9. The molecule has 1 aliphatic rings. The summed E-state index contributed by atoms with van der Waals surface area (Å²) in [6.07, 6.45) is 0.260. The Labute approximate surface area is 281 Å². The van der Waals surface area contributed by atoms with Gasteiger partial charge in [-0.15, -0.1) is 0 Å². The van der Waals surface area contributed by atoms with Gasteiger partial charge in [-0.25, -0.2) is 0 Å². The van der Waals surface area contributed by atoms with Gasteiger partial charge in [-0.05, 0) is 6.42 Å². The SMILES string of the molecule is CBC(=O)CCOCCOCCOCCNC(=O)CCC(C(=O)O)N1CCN(CC(=O)O)CCN(CC(=O)O)CCN(CC(=O)O)CC1. The molecule has 0 bridgehead atoms. The van der Waals surface area contributed by atoms with Crippen molar-refractivity contribution in [3.8, 4) is 0 Å². The van der Waals surface area contributed by atoms with E-state index in [0.29, 0.717) is 46.7 Å². The quantitative estimate of drug-likeness (QED) is 0.0511. The molecule has 48 heavy (non-hydrogen) atoms. The Bertz CT molecular complexity index is 977. The van der Waals surface area contributed by atoms with Gasteiger partial charge >= 0.3 is 23.9 Å². The van der Waals surface area contributed by atoms with Crippen molar-refractivity contribution in [2.45, 2.75) is 32.1 Å². The van der Waals surface area contributed by atoms with Gasteiger partial charge in [0.1, 0.15) is 6.04 Å². The van der Waals surface area contributed by atoms with Crippen LogP contribution in [0.3, 0.4) is 0 Å². The molecule has 5 N–H and O–H groups in total. The van der Waals surface area contributed by atoms with Crippen molar-refractivity contribution in [1.29, 1.82) is 0 Å². The summed E-state index contributed by atoms with van der Waals surface area (Å²) >= 11 is 0. The van der Waals surface area contributed by atoms with E-state index in [1.807, 2.05) is 0 Å². The van der Waals surface area contributed by atoms with E-state index in [9.17, 15) is 49.2 Å². The minimum Gasteiger partial charge on any atom is -0.480 e. The maximum absolute atomic E-state index is 12.5. The average molecular weight is 690 g/mol. The zero-order valence-corrected chi connectivity index (χ0v) is 27.9. The minimum atomic E-state index is -1.17. The van der Waals surface area contributed by atoms with E-state index in [1.54, 1.807) is 26.4 Å². The predicted octanol–water partition coefficient (Wildman–Crippen LogP) is -2.74. The van der Waals surface area contributed by atoms with Crippen LogP contribution in [-0.4, -0.2) is 207 Å². The highest BCUT2D eigenvalue weighted by Crippen LogP contribution is 2.11. The zero-order chi connectivity index (χ0) is 35.7. The van der Waals surface area contributed by atoms with Crippen LogP contribution in [0.4, 0.5) is 0 Å². The van der Waals surface area contributed by atoms with Crippen LogP contribution in [0.2, 0.25) is 6.82 Å². The van der Waals surface area contributed by atoms with Crippen LogP contribution in [0.5, 0.6) is 0 Å². The second-order valence-corrected chi connectivity index (χ2v) is 11.3. The summed E-state index contributed by atoms with van der Waals surface area (Å²) in [5.41, 5.74) is 0.148. The number of amides is 1. The van der Waals surface area contributed by atoms with E-state index in [0.717, 1.165) is 0 Å². The Kier molecular flexibility index (Phi) is 23.0. The van der Waals surface area contributed by atoms with Gasteiger partial charge in [-0.2, -0.15) is 0 Å². The molecule has 1 rings (SSSR count). The number of carbonyl (C=O) groups is 6. The number of hydrogen-bond donors (Lipinski definition) is 5. The second kappa shape index (κ2) is 25.8. The van der Waals surface area contributed by atoms with Crippen LogP contribution in [-0.2, 0) is 43.0 Å². The molecule has 0 saturated carbocycles. The Balaban J connectivity index is 2.62. The predicted molar refractivity (Wildman–Crippen MR) is 173 cm³/mol. The number of nitrogens with one attached hydrogen (secondary N) is 1. The lowest BCUT2D eigenvalue weighted by molar-refractivity contribution is -0.145. The third kappa shape index (κ3) is 21.6. The maximum Gasteiger partial charge on any atom is 0.320 e. The van der Waals surface area contributed by atoms with E-state index in [4.69, 9.17) is 14.2 Å². The van der Waals surface area contributed by atoms with Gasteiger partial charge in [0, 0.05) is 71.7 Å². The fourth-order valence-corrected chi connectivity index (χ4v) is 4.90. The molecule has 1 aliphatic heterocycles. The van der Waals surface area contributed by atoms with Crippen molar-refractivity contribution >= 4 is 42.7 Å². The molecule has 0 aromatic rings. The fraction of sp³-hybridized carbons (Fsp3) is 0.793. The van der Waals surface area contributed by atoms with Gasteiger partial charge < -0.3 is 44.7 Å². The standard InChI is InChI=1S/C29H52BN5O13/c1-30-24(36)4-14-46-16-18-48-19-17-47-15-5-31-25(37)3-2-23(29(44)45)35-12-10-33(21-27(40)41)8-6-32(20-26(38)39)7-9-34(11-13-35)22-28(42)43/h23,30H,2-22H2,1H3,(H,31,37)(H,38,39)(H,40,41)(H,42,43)(H,44,45). The van der Waals surface area contributed by atoms with Crippen LogP contribution in [0, 0.1) is 0 Å². The number of carboxylic acid groups (broad SMARTS) is 4. The first-order chi connectivity index (χ1) is 22.9. The molecule has 0 radical (unpaired) electrons. The molecule has 0 aliphatic carbocycles. The van der Waals surface area contributed by atoms with Gasteiger partial charge in [0.2, 0.25) is 13.2 Å². The third-order valence-corrected chi connectivity index (χ3v) is 7.55. The lowest BCUT2D eigenvalue weighted by atomic mass is 9.75. The molecule has 1 atom stereocenters. The highest BCUT2D eigenvalue weighted by atomic mass is 16.5. The Hall–Kier alpha value is -3.20. The number of carbonyl (C=O) groups excluding carboxylic acids is 2. The van der Waals surface area contributed by atoms with Gasteiger partial charge in [-0.3, -0.25) is 43.6 Å². The molecular weight excluding hydrogens is 637 g/mol. The molecule has 0 spiro atoms. The maximum atomic E-state index is 12.5. The number of nitrogens with zero attached hydrogens (tertiary/aromatic N) is 4. The normalized spacial score (nSPS) is 16.7. The fourth-order valence-electron chi connectivity index (χ4n) is 4.90. The summed E-state index contributed by atoms with van der Waals surface area (Å²) in [5.74, 6) is -4.77. The van der Waals surface area contributed by atoms with Crippen LogP contribution in [0.1, 0.15) is 19.3 Å². The number of ether oxygens (including phenoxy) is 3. The topological polar surface area (TPSA) is 236 Å². The number of aliphatic carboxylic acids is 4. The molecule has 19 heteroatoms. The Morgan fingerprint density at radius 2 is 1.04 bits per heavy atom. The largest absolute Gasteiger partial charge is 0.480 e. The number of hydrogen-bond acceptors (Lipinski definition) is 13. The van der Waals surface area contributed by atoms with E-state index in [-0.39, 0.29) is 110 Å². The summed E-state index contributed by atoms with van der Waals surface area (Å²) in [4.78, 5) is 76.9. The average Bonchev–Trinajstić information content (AvgIpc) is 3.01. The van der Waals surface area contributed by atoms with Crippen molar-refractivity contribution < 1.29 is 63.4 Å². The van der Waals surface area contributed by atoms with E-state index < -0.39 is 29.9 Å². The van der Waals surface area contributed by atoms with Crippen LogP contribution in [0.25, 0.3) is 0 Å². The Morgan fingerprint density at radius 3 is 1.46 bits per heavy atom. The third-order valence-electron chi connectivity index (χ3n) is 7.55. The molecule has 1 saturated heterocycles. The first-order valence-corrected chi connectivity index (χ1v) is 16.2.